The summed E-state index contributed by atoms with van der Waals surface area (Å²) in [5.74, 6) is 1.61. The maximum atomic E-state index is 13.0. The van der Waals surface area contributed by atoms with Crippen molar-refractivity contribution in [3.63, 3.8) is 0 Å². The van der Waals surface area contributed by atoms with E-state index in [9.17, 15) is 4.79 Å². The number of aryl methyl sites for hydroxylation is 2. The molecular formula is C29H34N6O2. The molecule has 2 amide bonds. The minimum atomic E-state index is -0.0717. The normalized spacial score (nSPS) is 14.1. The Hall–Kier alpha value is -3.94. The highest BCUT2D eigenvalue weighted by molar-refractivity contribution is 5.98. The van der Waals surface area contributed by atoms with Crippen LogP contribution in [-0.4, -0.2) is 52.2 Å². The first-order chi connectivity index (χ1) is 18.2. The van der Waals surface area contributed by atoms with Crippen LogP contribution < -0.4 is 10.2 Å². The monoisotopic (exact) mass is 498 g/mol. The zero-order valence-electron chi connectivity index (χ0n) is 21.6. The molecule has 1 aliphatic rings. The summed E-state index contributed by atoms with van der Waals surface area (Å²) in [5.41, 5.74) is 4.31. The van der Waals surface area contributed by atoms with Gasteiger partial charge in [0.15, 0.2) is 0 Å². The number of nitrogens with zero attached hydrogens (tertiary/aromatic N) is 5. The highest BCUT2D eigenvalue weighted by Crippen LogP contribution is 2.34. The van der Waals surface area contributed by atoms with E-state index < -0.39 is 0 Å². The van der Waals surface area contributed by atoms with Crippen molar-refractivity contribution in [2.24, 2.45) is 0 Å². The quantitative estimate of drug-likeness (QED) is 0.340. The lowest BCUT2D eigenvalue weighted by Gasteiger charge is -2.24. The first kappa shape index (κ1) is 24.7. The first-order valence-corrected chi connectivity index (χ1v) is 13.3. The summed E-state index contributed by atoms with van der Waals surface area (Å²) in [5, 5.41) is 8.27. The number of carbonyl (C=O) groups is 1. The molecule has 2 aromatic heterocycles. The Kier molecular flexibility index (Phi) is 7.63. The largest absolute Gasteiger partial charge is 0.354 e. The standard InChI is InChI=1S/C29H34N6O2/c1-3-5-12-24-31-27(25-26(33-37-28(25)32-24)22-10-7-6-8-11-22)34-17-9-18-35(20-19-34)29(36)30-23-15-13-21(4-2)14-16-23/h6-8,10-11,13-16H,3-5,9,12,17-20H2,1-2H3,(H,30,36). The summed E-state index contributed by atoms with van der Waals surface area (Å²) in [7, 11) is 0. The van der Waals surface area contributed by atoms with Crippen LogP contribution >= 0.6 is 0 Å². The number of hydrogen-bond donors (Lipinski definition) is 1. The van der Waals surface area contributed by atoms with Gasteiger partial charge in [-0.2, -0.15) is 4.98 Å². The molecule has 0 bridgehead atoms. The van der Waals surface area contributed by atoms with Crippen LogP contribution in [0.1, 0.15) is 44.5 Å². The van der Waals surface area contributed by atoms with Crippen LogP contribution in [0, 0.1) is 0 Å². The second-order valence-electron chi connectivity index (χ2n) is 9.45. The maximum Gasteiger partial charge on any atom is 0.321 e. The van der Waals surface area contributed by atoms with Crippen LogP contribution in [0.25, 0.3) is 22.4 Å². The van der Waals surface area contributed by atoms with E-state index in [4.69, 9.17) is 14.5 Å². The number of hydrogen-bond acceptors (Lipinski definition) is 6. The number of nitrogens with one attached hydrogen (secondary N) is 1. The number of anilines is 2. The number of benzene rings is 2. The highest BCUT2D eigenvalue weighted by atomic mass is 16.5. The Labute approximate surface area is 217 Å². The highest BCUT2D eigenvalue weighted by Gasteiger charge is 2.25. The predicted octanol–water partition coefficient (Wildman–Crippen LogP) is 5.93. The lowest BCUT2D eigenvalue weighted by molar-refractivity contribution is 0.215. The third-order valence-electron chi connectivity index (χ3n) is 6.86. The minimum Gasteiger partial charge on any atom is -0.354 e. The Morgan fingerprint density at radius 3 is 2.54 bits per heavy atom. The van der Waals surface area contributed by atoms with Crippen molar-refractivity contribution in [2.75, 3.05) is 36.4 Å². The molecule has 8 nitrogen and oxygen atoms in total. The van der Waals surface area contributed by atoms with E-state index >= 15 is 0 Å². The van der Waals surface area contributed by atoms with Gasteiger partial charge in [-0.1, -0.05) is 67.9 Å². The van der Waals surface area contributed by atoms with Gasteiger partial charge in [-0.3, -0.25) is 0 Å². The lowest BCUT2D eigenvalue weighted by Crippen LogP contribution is -2.38. The molecule has 0 spiro atoms. The average molecular weight is 499 g/mol. The summed E-state index contributed by atoms with van der Waals surface area (Å²) < 4.78 is 5.73. The summed E-state index contributed by atoms with van der Waals surface area (Å²) in [4.78, 5) is 26.9. The summed E-state index contributed by atoms with van der Waals surface area (Å²) in [6.07, 6.45) is 4.68. The molecule has 4 aromatic rings. The van der Waals surface area contributed by atoms with Crippen LogP contribution in [-0.2, 0) is 12.8 Å². The maximum absolute atomic E-state index is 13.0. The minimum absolute atomic E-state index is 0.0717. The van der Waals surface area contributed by atoms with Gasteiger partial charge in [0, 0.05) is 43.9 Å². The van der Waals surface area contributed by atoms with Crippen LogP contribution in [0.15, 0.2) is 59.1 Å². The number of carbonyl (C=O) groups excluding carboxylic acids is 1. The second kappa shape index (κ2) is 11.4. The molecule has 8 heteroatoms. The molecule has 5 rings (SSSR count). The van der Waals surface area contributed by atoms with Gasteiger partial charge in [-0.15, -0.1) is 0 Å². The topological polar surface area (TPSA) is 87.4 Å². The van der Waals surface area contributed by atoms with Gasteiger partial charge in [0.25, 0.3) is 5.71 Å². The van der Waals surface area contributed by atoms with Crippen molar-refractivity contribution >= 4 is 28.6 Å². The summed E-state index contributed by atoms with van der Waals surface area (Å²) in [6.45, 7) is 7.02. The molecule has 1 fully saturated rings. The Morgan fingerprint density at radius 2 is 1.78 bits per heavy atom. The van der Waals surface area contributed by atoms with Crippen molar-refractivity contribution < 1.29 is 9.32 Å². The molecule has 0 aliphatic carbocycles. The fourth-order valence-electron chi connectivity index (χ4n) is 4.71. The third kappa shape index (κ3) is 5.58. The van der Waals surface area contributed by atoms with Gasteiger partial charge in [0.1, 0.15) is 22.7 Å². The number of amides is 2. The van der Waals surface area contributed by atoms with E-state index in [1.54, 1.807) is 0 Å². The lowest BCUT2D eigenvalue weighted by atomic mass is 10.1. The molecule has 0 atom stereocenters. The summed E-state index contributed by atoms with van der Waals surface area (Å²) in [6, 6.07) is 18.0. The molecule has 0 saturated carbocycles. The van der Waals surface area contributed by atoms with E-state index in [0.717, 1.165) is 72.6 Å². The van der Waals surface area contributed by atoms with Gasteiger partial charge in [-0.05, 0) is 37.0 Å². The van der Waals surface area contributed by atoms with E-state index in [0.29, 0.717) is 25.3 Å². The van der Waals surface area contributed by atoms with Crippen molar-refractivity contribution in [2.45, 2.75) is 46.0 Å². The van der Waals surface area contributed by atoms with E-state index in [2.05, 4.69) is 41.4 Å². The van der Waals surface area contributed by atoms with Crippen LogP contribution in [0.3, 0.4) is 0 Å². The fourth-order valence-corrected chi connectivity index (χ4v) is 4.71. The number of aromatic nitrogens is 3. The Balaban J connectivity index is 1.39. The average Bonchev–Trinajstić information content (AvgIpc) is 3.21. The van der Waals surface area contributed by atoms with Gasteiger partial charge in [0.2, 0.25) is 0 Å². The fraction of sp³-hybridized carbons (Fsp3) is 0.379. The van der Waals surface area contributed by atoms with Crippen LogP contribution in [0.4, 0.5) is 16.3 Å². The van der Waals surface area contributed by atoms with Gasteiger partial charge >= 0.3 is 6.03 Å². The van der Waals surface area contributed by atoms with Crippen molar-refractivity contribution in [1.29, 1.82) is 0 Å². The number of urea groups is 1. The molecule has 0 unspecified atom stereocenters. The second-order valence-corrected chi connectivity index (χ2v) is 9.45. The van der Waals surface area contributed by atoms with Gasteiger partial charge < -0.3 is 19.6 Å². The van der Waals surface area contributed by atoms with Crippen molar-refractivity contribution in [1.82, 2.24) is 20.0 Å². The third-order valence-corrected chi connectivity index (χ3v) is 6.86. The number of rotatable bonds is 7. The van der Waals surface area contributed by atoms with Crippen LogP contribution in [0.5, 0.6) is 0 Å². The zero-order valence-corrected chi connectivity index (χ0v) is 21.6. The Bertz CT molecular complexity index is 1340. The van der Waals surface area contributed by atoms with Gasteiger partial charge in [-0.25, -0.2) is 9.78 Å². The first-order valence-electron chi connectivity index (χ1n) is 13.3. The molecule has 1 saturated heterocycles. The molecule has 3 heterocycles. The SMILES string of the molecule is CCCCc1nc(N2CCCN(C(=O)Nc3ccc(CC)cc3)CC2)c2c(-c3ccccc3)noc2n1. The Morgan fingerprint density at radius 1 is 0.973 bits per heavy atom. The van der Waals surface area contributed by atoms with E-state index in [-0.39, 0.29) is 6.03 Å². The molecular weight excluding hydrogens is 464 g/mol. The van der Waals surface area contributed by atoms with Crippen molar-refractivity contribution in [3.8, 4) is 11.3 Å². The molecule has 1 aliphatic heterocycles. The molecule has 0 radical (unpaired) electrons. The predicted molar refractivity (Wildman–Crippen MR) is 147 cm³/mol. The summed E-state index contributed by atoms with van der Waals surface area (Å²) >= 11 is 0. The van der Waals surface area contributed by atoms with Crippen molar-refractivity contribution in [3.05, 3.63) is 66.0 Å². The number of fused-ring (bicyclic) bond motifs is 1. The van der Waals surface area contributed by atoms with E-state index in [1.165, 1.54) is 5.56 Å². The number of unbranched alkanes of at least 4 members (excludes halogenated alkanes) is 1. The molecule has 2 aromatic carbocycles. The van der Waals surface area contributed by atoms with Crippen LogP contribution in [0.2, 0.25) is 0 Å². The smallest absolute Gasteiger partial charge is 0.321 e. The van der Waals surface area contributed by atoms with E-state index in [1.807, 2.05) is 47.4 Å². The molecule has 37 heavy (non-hydrogen) atoms. The molecule has 192 valence electrons. The molecule has 1 N–H and O–H groups in total. The van der Waals surface area contributed by atoms with Gasteiger partial charge in [0.05, 0.1) is 0 Å². The zero-order chi connectivity index (χ0) is 25.6.